The van der Waals surface area contributed by atoms with Gasteiger partial charge in [-0.3, -0.25) is 0 Å². The first-order chi connectivity index (χ1) is 9.33. The Labute approximate surface area is 127 Å². The first-order valence-corrected chi connectivity index (χ1v) is 8.81. The summed E-state index contributed by atoms with van der Waals surface area (Å²) in [6.45, 7) is 2.04. The molecule has 0 amide bonds. The van der Waals surface area contributed by atoms with E-state index in [0.717, 1.165) is 19.3 Å². The van der Waals surface area contributed by atoms with Crippen LogP contribution in [0.3, 0.4) is 0 Å². The molecule has 1 saturated carbocycles. The van der Waals surface area contributed by atoms with Crippen LogP contribution < -0.4 is 10.5 Å². The van der Waals surface area contributed by atoms with Gasteiger partial charge in [0.25, 0.3) is 0 Å². The van der Waals surface area contributed by atoms with Crippen LogP contribution in [0.15, 0.2) is 21.5 Å². The number of nitrogens with two attached hydrogens (primary N) is 1. The molecule has 1 fully saturated rings. The van der Waals surface area contributed by atoms with E-state index in [9.17, 15) is 12.8 Å². The molecular formula is C13H18BrFN2O2S. The Balaban J connectivity index is 2.32. The minimum absolute atomic E-state index is 0.0474. The lowest BCUT2D eigenvalue weighted by Crippen LogP contribution is -2.33. The summed E-state index contributed by atoms with van der Waals surface area (Å²) in [5, 5.41) is 0. The maximum Gasteiger partial charge on any atom is 0.243 e. The molecule has 0 spiro atoms. The highest BCUT2D eigenvalue weighted by molar-refractivity contribution is 9.10. The van der Waals surface area contributed by atoms with E-state index in [1.54, 1.807) is 0 Å². The van der Waals surface area contributed by atoms with E-state index in [2.05, 4.69) is 27.6 Å². The fraction of sp³-hybridized carbons (Fsp3) is 0.538. The van der Waals surface area contributed by atoms with E-state index in [4.69, 9.17) is 5.73 Å². The molecule has 20 heavy (non-hydrogen) atoms. The van der Waals surface area contributed by atoms with Crippen molar-refractivity contribution in [2.45, 2.75) is 43.7 Å². The zero-order chi connectivity index (χ0) is 14.9. The van der Waals surface area contributed by atoms with E-state index in [1.807, 2.05) is 0 Å². The molecule has 0 radical (unpaired) electrons. The average Bonchev–Trinajstić information content (AvgIpc) is 2.76. The van der Waals surface area contributed by atoms with Crippen molar-refractivity contribution >= 4 is 26.0 Å². The normalized spacial score (nSPS) is 23.2. The van der Waals surface area contributed by atoms with E-state index >= 15 is 0 Å². The molecule has 1 aliphatic carbocycles. The van der Waals surface area contributed by atoms with E-state index in [1.165, 1.54) is 12.1 Å². The molecule has 0 heterocycles. The van der Waals surface area contributed by atoms with Gasteiger partial charge in [-0.25, -0.2) is 17.5 Å². The summed E-state index contributed by atoms with van der Waals surface area (Å²) in [6, 6.07) is 2.65. The average molecular weight is 365 g/mol. The first kappa shape index (κ1) is 15.9. The summed E-state index contributed by atoms with van der Waals surface area (Å²) in [7, 11) is -3.86. The Morgan fingerprint density at radius 1 is 1.45 bits per heavy atom. The van der Waals surface area contributed by atoms with Gasteiger partial charge in [0.1, 0.15) is 10.7 Å². The van der Waals surface area contributed by atoms with Gasteiger partial charge in [-0.2, -0.15) is 0 Å². The molecule has 7 heteroatoms. The van der Waals surface area contributed by atoms with Crippen LogP contribution in [-0.4, -0.2) is 14.5 Å². The Morgan fingerprint density at radius 2 is 2.15 bits per heavy atom. The predicted octanol–water partition coefficient (Wildman–Crippen LogP) is 2.51. The molecule has 0 aliphatic heterocycles. The Bertz CT molecular complexity index is 607. The maximum atomic E-state index is 14.2. The monoisotopic (exact) mass is 364 g/mol. The number of hydrogen-bond acceptors (Lipinski definition) is 3. The van der Waals surface area contributed by atoms with Crippen LogP contribution in [0.4, 0.5) is 4.39 Å². The van der Waals surface area contributed by atoms with E-state index < -0.39 is 15.8 Å². The number of hydrogen-bond donors (Lipinski definition) is 2. The second-order valence-corrected chi connectivity index (χ2v) is 7.92. The van der Waals surface area contributed by atoms with E-state index in [-0.39, 0.29) is 23.0 Å². The molecular weight excluding hydrogens is 347 g/mol. The zero-order valence-corrected chi connectivity index (χ0v) is 13.6. The molecule has 1 aliphatic rings. The van der Waals surface area contributed by atoms with Gasteiger partial charge in [0.05, 0.1) is 0 Å². The summed E-state index contributed by atoms with van der Waals surface area (Å²) in [6.07, 6.45) is 2.57. The quantitative estimate of drug-likeness (QED) is 0.861. The van der Waals surface area contributed by atoms with Crippen LogP contribution >= 0.6 is 15.9 Å². The van der Waals surface area contributed by atoms with Crippen molar-refractivity contribution in [3.8, 4) is 0 Å². The van der Waals surface area contributed by atoms with Gasteiger partial charge in [-0.05, 0) is 37.3 Å². The third-order valence-electron chi connectivity index (χ3n) is 3.61. The number of halogens is 2. The lowest BCUT2D eigenvalue weighted by Gasteiger charge is -2.15. The van der Waals surface area contributed by atoms with Gasteiger partial charge in [-0.1, -0.05) is 22.9 Å². The van der Waals surface area contributed by atoms with Crippen molar-refractivity contribution in [1.82, 2.24) is 4.72 Å². The fourth-order valence-corrected chi connectivity index (χ4v) is 4.65. The third kappa shape index (κ3) is 3.39. The minimum atomic E-state index is -3.86. The number of nitrogens with one attached hydrogen (secondary N) is 1. The zero-order valence-electron chi connectivity index (χ0n) is 11.2. The van der Waals surface area contributed by atoms with Crippen LogP contribution in [0.1, 0.15) is 31.7 Å². The highest BCUT2D eigenvalue weighted by Gasteiger charge is 2.29. The van der Waals surface area contributed by atoms with Crippen molar-refractivity contribution in [1.29, 1.82) is 0 Å². The van der Waals surface area contributed by atoms with Gasteiger partial charge in [0.2, 0.25) is 10.0 Å². The topological polar surface area (TPSA) is 72.2 Å². The smallest absolute Gasteiger partial charge is 0.243 e. The van der Waals surface area contributed by atoms with Crippen molar-refractivity contribution in [2.24, 2.45) is 11.7 Å². The van der Waals surface area contributed by atoms with Gasteiger partial charge in [0, 0.05) is 22.6 Å². The second-order valence-electron chi connectivity index (χ2n) is 5.32. The molecule has 1 aromatic rings. The summed E-state index contributed by atoms with van der Waals surface area (Å²) in [4.78, 5) is -0.341. The highest BCUT2D eigenvalue weighted by atomic mass is 79.9. The molecule has 4 nitrogen and oxygen atoms in total. The Kier molecular flexibility index (Phi) is 4.84. The number of rotatable bonds is 4. The molecule has 0 bridgehead atoms. The van der Waals surface area contributed by atoms with Crippen molar-refractivity contribution in [2.75, 3.05) is 0 Å². The van der Waals surface area contributed by atoms with Crippen LogP contribution in [0.25, 0.3) is 0 Å². The van der Waals surface area contributed by atoms with Gasteiger partial charge in [-0.15, -0.1) is 0 Å². The Morgan fingerprint density at radius 3 is 2.70 bits per heavy atom. The maximum absolute atomic E-state index is 14.2. The molecule has 1 aromatic carbocycles. The molecule has 112 valence electrons. The number of benzene rings is 1. The summed E-state index contributed by atoms with van der Waals surface area (Å²) >= 11 is 3.19. The minimum Gasteiger partial charge on any atom is -0.326 e. The predicted molar refractivity (Wildman–Crippen MR) is 79.1 cm³/mol. The molecule has 2 atom stereocenters. The molecule has 0 aromatic heterocycles. The van der Waals surface area contributed by atoms with Crippen molar-refractivity contribution in [3.63, 3.8) is 0 Å². The summed E-state index contributed by atoms with van der Waals surface area (Å²) in [5.41, 5.74) is 5.62. The molecule has 2 unspecified atom stereocenters. The van der Waals surface area contributed by atoms with E-state index in [0.29, 0.717) is 10.4 Å². The molecule has 3 N–H and O–H groups in total. The van der Waals surface area contributed by atoms with Gasteiger partial charge < -0.3 is 5.73 Å². The number of sulfonamides is 1. The van der Waals surface area contributed by atoms with Gasteiger partial charge >= 0.3 is 0 Å². The fourth-order valence-electron chi connectivity index (χ4n) is 2.56. The molecule has 0 saturated heterocycles. The highest BCUT2D eigenvalue weighted by Crippen LogP contribution is 2.28. The second kappa shape index (κ2) is 6.09. The largest absolute Gasteiger partial charge is 0.326 e. The van der Waals surface area contributed by atoms with Crippen LogP contribution in [-0.2, 0) is 16.6 Å². The van der Waals surface area contributed by atoms with Crippen molar-refractivity contribution in [3.05, 3.63) is 28.0 Å². The van der Waals surface area contributed by atoms with Crippen LogP contribution in [0, 0.1) is 11.7 Å². The lowest BCUT2D eigenvalue weighted by atomic mass is 10.1. The van der Waals surface area contributed by atoms with Crippen molar-refractivity contribution < 1.29 is 12.8 Å². The summed E-state index contributed by atoms with van der Waals surface area (Å²) < 4.78 is 41.9. The SMILES string of the molecule is CC1CCC(NS(=O)(=O)c2cc(Br)cc(CN)c2F)C1. The third-order valence-corrected chi connectivity index (χ3v) is 5.58. The molecule has 2 rings (SSSR count). The first-order valence-electron chi connectivity index (χ1n) is 6.54. The summed E-state index contributed by atoms with van der Waals surface area (Å²) in [5.74, 6) is -0.274. The van der Waals surface area contributed by atoms with Crippen LogP contribution in [0.5, 0.6) is 0 Å². The lowest BCUT2D eigenvalue weighted by molar-refractivity contribution is 0.524. The Hall–Kier alpha value is -0.500. The van der Waals surface area contributed by atoms with Crippen LogP contribution in [0.2, 0.25) is 0 Å². The standard InChI is InChI=1S/C13H18BrFN2O2S/c1-8-2-3-11(4-8)17-20(18,19)12-6-10(14)5-9(7-16)13(12)15/h5-6,8,11,17H,2-4,7,16H2,1H3. The van der Waals surface area contributed by atoms with Gasteiger partial charge in [0.15, 0.2) is 0 Å².